The van der Waals surface area contributed by atoms with Crippen molar-refractivity contribution in [2.24, 2.45) is 5.41 Å². The summed E-state index contributed by atoms with van der Waals surface area (Å²) in [5.74, 6) is -1.29. The predicted molar refractivity (Wildman–Crippen MR) is 120 cm³/mol. The van der Waals surface area contributed by atoms with E-state index in [9.17, 15) is 18.0 Å². The smallest absolute Gasteiger partial charge is 0.355 e. The molecular weight excluding hydrogens is 431 g/mol. The second kappa shape index (κ2) is 9.13. The number of H-pyrrole nitrogens is 1. The monoisotopic (exact) mass is 459 g/mol. The summed E-state index contributed by atoms with van der Waals surface area (Å²) in [4.78, 5) is 18.7. The fourth-order valence-corrected chi connectivity index (χ4v) is 4.51. The molecule has 176 valence electrons. The van der Waals surface area contributed by atoms with Crippen LogP contribution >= 0.6 is 0 Å². The highest BCUT2D eigenvalue weighted by molar-refractivity contribution is 5.78. The average molecular weight is 460 g/mol. The quantitative estimate of drug-likeness (QED) is 0.506. The molecule has 9 heteroatoms. The van der Waals surface area contributed by atoms with Crippen molar-refractivity contribution in [3.05, 3.63) is 60.0 Å². The van der Waals surface area contributed by atoms with Crippen molar-refractivity contribution in [3.8, 4) is 0 Å². The van der Waals surface area contributed by atoms with Gasteiger partial charge in [-0.3, -0.25) is 14.9 Å². The first kappa shape index (κ1) is 23.2. The second-order valence-electron chi connectivity index (χ2n) is 9.11. The molecule has 2 heterocycles. The summed E-state index contributed by atoms with van der Waals surface area (Å²) in [5, 5.41) is 10.9. The number of halogens is 3. The lowest BCUT2D eigenvalue weighted by atomic mass is 9.80. The Balaban J connectivity index is 1.43. The van der Waals surface area contributed by atoms with Crippen molar-refractivity contribution < 1.29 is 18.0 Å². The molecule has 2 atom stereocenters. The summed E-state index contributed by atoms with van der Waals surface area (Å²) in [6.45, 7) is 0.345. The summed E-state index contributed by atoms with van der Waals surface area (Å²) in [6.07, 6.45) is 0.954. The molecule has 1 aliphatic carbocycles. The van der Waals surface area contributed by atoms with E-state index in [1.807, 2.05) is 31.1 Å². The number of nitrogens with one attached hydrogen (secondary N) is 2. The number of likely N-dealkylation sites (N-methyl/N-ethyl adjacent to an activating group) is 1. The van der Waals surface area contributed by atoms with Crippen LogP contribution in [0.1, 0.15) is 36.3 Å². The molecule has 0 saturated heterocycles. The number of aromatic nitrogens is 3. The van der Waals surface area contributed by atoms with Crippen molar-refractivity contribution in [1.29, 1.82) is 0 Å². The normalized spacial score (nSPS) is 17.2. The van der Waals surface area contributed by atoms with Crippen LogP contribution in [0.3, 0.4) is 0 Å². The van der Waals surface area contributed by atoms with Gasteiger partial charge in [-0.25, -0.2) is 0 Å². The first-order valence-corrected chi connectivity index (χ1v) is 11.0. The molecule has 3 aromatic rings. The molecule has 1 aliphatic rings. The van der Waals surface area contributed by atoms with Crippen LogP contribution in [0.15, 0.2) is 48.9 Å². The number of carbonyl (C=O) groups excluding carboxylic acids is 1. The Labute approximate surface area is 190 Å². The maximum atomic E-state index is 13.9. The van der Waals surface area contributed by atoms with Gasteiger partial charge in [0, 0.05) is 42.7 Å². The topological polar surface area (TPSA) is 73.9 Å². The summed E-state index contributed by atoms with van der Waals surface area (Å²) < 4.78 is 41.6. The minimum atomic E-state index is -4.35. The van der Waals surface area contributed by atoms with E-state index in [1.165, 1.54) is 12.4 Å². The Hall–Kier alpha value is -2.94. The lowest BCUT2D eigenvalue weighted by molar-refractivity contribution is -0.194. The van der Waals surface area contributed by atoms with Gasteiger partial charge in [-0.05, 0) is 68.8 Å². The van der Waals surface area contributed by atoms with Crippen LogP contribution in [0.5, 0.6) is 0 Å². The predicted octanol–water partition coefficient (Wildman–Crippen LogP) is 4.06. The average Bonchev–Trinajstić information content (AvgIpc) is 3.47. The van der Waals surface area contributed by atoms with Gasteiger partial charge >= 0.3 is 6.18 Å². The van der Waals surface area contributed by atoms with E-state index in [0.717, 1.165) is 16.5 Å². The van der Waals surface area contributed by atoms with E-state index in [1.54, 1.807) is 18.3 Å². The number of nitrogens with zero attached hydrogens (tertiary/aromatic N) is 3. The number of fused-ring (bicyclic) bond motifs is 1. The van der Waals surface area contributed by atoms with Gasteiger partial charge in [0.1, 0.15) is 0 Å². The van der Waals surface area contributed by atoms with Gasteiger partial charge in [-0.2, -0.15) is 18.3 Å². The second-order valence-corrected chi connectivity index (χ2v) is 9.11. The van der Waals surface area contributed by atoms with Gasteiger partial charge in [0.15, 0.2) is 0 Å². The van der Waals surface area contributed by atoms with Crippen molar-refractivity contribution >= 4 is 16.8 Å². The summed E-state index contributed by atoms with van der Waals surface area (Å²) in [6, 6.07) is 9.19. The van der Waals surface area contributed by atoms with Crippen LogP contribution in [-0.2, 0) is 11.2 Å². The number of alkyl halides is 3. The van der Waals surface area contributed by atoms with Crippen LogP contribution in [0, 0.1) is 5.41 Å². The molecular formula is C24H28F3N5O. The molecule has 2 aromatic heterocycles. The van der Waals surface area contributed by atoms with E-state index in [2.05, 4.69) is 26.6 Å². The van der Waals surface area contributed by atoms with Gasteiger partial charge < -0.3 is 10.2 Å². The zero-order chi connectivity index (χ0) is 23.6. The van der Waals surface area contributed by atoms with Crippen molar-refractivity contribution in [1.82, 2.24) is 25.4 Å². The number of carbonyl (C=O) groups is 1. The van der Waals surface area contributed by atoms with Crippen molar-refractivity contribution in [2.45, 2.75) is 43.8 Å². The number of hydrogen-bond acceptors (Lipinski definition) is 4. The van der Waals surface area contributed by atoms with Crippen LogP contribution < -0.4 is 5.32 Å². The molecule has 33 heavy (non-hydrogen) atoms. The Bertz CT molecular complexity index is 1090. The Morgan fingerprint density at radius 3 is 2.58 bits per heavy atom. The lowest BCUT2D eigenvalue weighted by Crippen LogP contribution is -2.42. The third-order valence-corrected chi connectivity index (χ3v) is 6.76. The molecule has 0 radical (unpaired) electrons. The maximum Gasteiger partial charge on any atom is 0.395 e. The molecule has 4 rings (SSSR count). The molecule has 1 amide bonds. The molecule has 1 aromatic carbocycles. The number of benzene rings is 1. The van der Waals surface area contributed by atoms with Crippen LogP contribution in [0.4, 0.5) is 13.2 Å². The lowest BCUT2D eigenvalue weighted by Gasteiger charge is -2.30. The minimum Gasteiger partial charge on any atom is -0.355 e. The molecule has 0 spiro atoms. The van der Waals surface area contributed by atoms with E-state index in [-0.39, 0.29) is 31.2 Å². The number of amides is 1. The standard InChI is InChI=1S/C24H28F3N5O/c1-32(2)19(12-16-3-4-21-18(11-16)14-30-31-21)15-29-22(33)13-20(17-5-9-28-10-6-17)23(7-8-23)24(25,26)27/h3-6,9-11,14,19-20H,7-8,12-13,15H2,1-2H3,(H,29,33)(H,30,31)/t19-,20-/m0/s1. The number of aromatic amines is 1. The molecule has 2 N–H and O–H groups in total. The third-order valence-electron chi connectivity index (χ3n) is 6.76. The Kier molecular flexibility index (Phi) is 6.43. The zero-order valence-electron chi connectivity index (χ0n) is 18.7. The van der Waals surface area contributed by atoms with Crippen LogP contribution in [0.25, 0.3) is 10.9 Å². The number of rotatable bonds is 9. The highest BCUT2D eigenvalue weighted by Gasteiger charge is 2.67. The van der Waals surface area contributed by atoms with Crippen LogP contribution in [-0.4, -0.2) is 58.8 Å². The van der Waals surface area contributed by atoms with E-state index < -0.39 is 17.5 Å². The van der Waals surface area contributed by atoms with Crippen molar-refractivity contribution in [2.75, 3.05) is 20.6 Å². The first-order chi connectivity index (χ1) is 15.7. The fraction of sp³-hybridized carbons (Fsp3) is 0.458. The molecule has 0 bridgehead atoms. The number of pyridine rings is 1. The maximum absolute atomic E-state index is 13.9. The Morgan fingerprint density at radius 1 is 1.21 bits per heavy atom. The molecule has 1 saturated carbocycles. The van der Waals surface area contributed by atoms with Gasteiger partial charge in [0.25, 0.3) is 0 Å². The summed E-state index contributed by atoms with van der Waals surface area (Å²) in [7, 11) is 3.85. The van der Waals surface area contributed by atoms with E-state index in [4.69, 9.17) is 0 Å². The zero-order valence-corrected chi connectivity index (χ0v) is 18.7. The molecule has 6 nitrogen and oxygen atoms in total. The van der Waals surface area contributed by atoms with Gasteiger partial charge in [-0.1, -0.05) is 6.07 Å². The van der Waals surface area contributed by atoms with E-state index >= 15 is 0 Å². The highest BCUT2D eigenvalue weighted by atomic mass is 19.4. The minimum absolute atomic E-state index is 0.00447. The first-order valence-electron chi connectivity index (χ1n) is 11.0. The fourth-order valence-electron chi connectivity index (χ4n) is 4.51. The van der Waals surface area contributed by atoms with Gasteiger partial charge in [-0.15, -0.1) is 0 Å². The van der Waals surface area contributed by atoms with Gasteiger partial charge in [0.05, 0.1) is 17.1 Å². The highest BCUT2D eigenvalue weighted by Crippen LogP contribution is 2.66. The number of hydrogen-bond donors (Lipinski definition) is 2. The summed E-state index contributed by atoms with van der Waals surface area (Å²) in [5.41, 5.74) is 0.731. The van der Waals surface area contributed by atoms with E-state index in [0.29, 0.717) is 18.5 Å². The van der Waals surface area contributed by atoms with Gasteiger partial charge in [0.2, 0.25) is 5.91 Å². The summed E-state index contributed by atoms with van der Waals surface area (Å²) >= 11 is 0. The SMILES string of the molecule is CN(C)[C@H](CNC(=O)C[C@@H](c1ccncc1)C1(C(F)(F)F)CC1)Cc1ccc2[nH]ncc2c1. The Morgan fingerprint density at radius 2 is 1.94 bits per heavy atom. The third kappa shape index (κ3) is 5.03. The van der Waals surface area contributed by atoms with Crippen LogP contribution in [0.2, 0.25) is 0 Å². The van der Waals surface area contributed by atoms with Crippen molar-refractivity contribution in [3.63, 3.8) is 0 Å². The largest absolute Gasteiger partial charge is 0.395 e. The molecule has 0 unspecified atom stereocenters. The molecule has 0 aliphatic heterocycles. The molecule has 1 fully saturated rings.